The highest BCUT2D eigenvalue weighted by Gasteiger charge is 1.91. The molecule has 1 aromatic rings. The van der Waals surface area contributed by atoms with Crippen LogP contribution < -0.4 is 11.0 Å². The molecule has 0 bridgehead atoms. The SMILES string of the molecule is Nc1ccc(CN[B]C=O)cc1. The van der Waals surface area contributed by atoms with Crippen LogP contribution in [0.3, 0.4) is 0 Å². The average molecular weight is 161 g/mol. The molecule has 0 amide bonds. The number of nitrogens with one attached hydrogen (secondary N) is 1. The van der Waals surface area contributed by atoms with Gasteiger partial charge in [0.25, 0.3) is 7.41 Å². The van der Waals surface area contributed by atoms with Crippen molar-refractivity contribution in [3.63, 3.8) is 0 Å². The lowest BCUT2D eigenvalue weighted by Gasteiger charge is -2.00. The quantitative estimate of drug-likeness (QED) is 0.286. The van der Waals surface area contributed by atoms with Gasteiger partial charge in [0.2, 0.25) is 0 Å². The van der Waals surface area contributed by atoms with Crippen LogP contribution >= 0.6 is 0 Å². The molecule has 0 aliphatic carbocycles. The van der Waals surface area contributed by atoms with E-state index in [0.29, 0.717) is 6.54 Å². The highest BCUT2D eigenvalue weighted by Crippen LogP contribution is 2.04. The normalized spacial score (nSPS) is 9.33. The van der Waals surface area contributed by atoms with Crippen LogP contribution in [-0.4, -0.2) is 13.6 Å². The van der Waals surface area contributed by atoms with Gasteiger partial charge in [-0.3, -0.25) is 0 Å². The largest absolute Gasteiger partial charge is 0.399 e. The molecule has 0 unspecified atom stereocenters. The Hall–Kier alpha value is -1.29. The lowest BCUT2D eigenvalue weighted by atomic mass is 9.98. The smallest absolute Gasteiger partial charge is 0.290 e. The Morgan fingerprint density at radius 3 is 2.67 bits per heavy atom. The minimum absolute atomic E-state index is 0.652. The molecule has 1 aromatic carbocycles. The third kappa shape index (κ3) is 2.76. The minimum Gasteiger partial charge on any atom is -0.399 e. The van der Waals surface area contributed by atoms with E-state index < -0.39 is 0 Å². The van der Waals surface area contributed by atoms with Gasteiger partial charge in [0, 0.05) is 12.2 Å². The fourth-order valence-electron chi connectivity index (χ4n) is 0.860. The average Bonchev–Trinajstić information content (AvgIpc) is 2.09. The number of benzene rings is 1. The van der Waals surface area contributed by atoms with Gasteiger partial charge in [-0.15, -0.1) is 0 Å². The lowest BCUT2D eigenvalue weighted by molar-refractivity contribution is 0.567. The lowest BCUT2D eigenvalue weighted by Crippen LogP contribution is -2.19. The van der Waals surface area contributed by atoms with E-state index in [1.165, 1.54) is 7.41 Å². The van der Waals surface area contributed by atoms with Gasteiger partial charge in [0.1, 0.15) is 0 Å². The predicted molar refractivity (Wildman–Crippen MR) is 50.2 cm³/mol. The standard InChI is InChI=1S/C8H10BN2O/c10-8-3-1-7(2-4-8)5-11-9-6-12/h1-4,6,11H,5,10H2. The van der Waals surface area contributed by atoms with Crippen LogP contribution in [0.5, 0.6) is 0 Å². The van der Waals surface area contributed by atoms with Crippen molar-refractivity contribution in [3.05, 3.63) is 29.8 Å². The molecule has 3 nitrogen and oxygen atoms in total. The van der Waals surface area contributed by atoms with Crippen LogP contribution in [0.15, 0.2) is 24.3 Å². The second-order valence-corrected chi connectivity index (χ2v) is 2.43. The van der Waals surface area contributed by atoms with E-state index in [9.17, 15) is 4.79 Å². The van der Waals surface area contributed by atoms with Gasteiger partial charge in [-0.2, -0.15) is 0 Å². The first kappa shape index (κ1) is 8.81. The van der Waals surface area contributed by atoms with Gasteiger partial charge in [0.15, 0.2) is 0 Å². The van der Waals surface area contributed by atoms with Crippen molar-refractivity contribution in [1.29, 1.82) is 0 Å². The number of carbonyl (C=O) groups excluding carboxylic acids is 1. The zero-order valence-electron chi connectivity index (χ0n) is 6.66. The number of nitrogens with two attached hydrogens (primary N) is 1. The summed E-state index contributed by atoms with van der Waals surface area (Å²) in [5.41, 5.74) is 7.34. The Bertz CT molecular complexity index is 248. The van der Waals surface area contributed by atoms with Crippen LogP contribution in [-0.2, 0) is 11.3 Å². The maximum absolute atomic E-state index is 9.91. The molecule has 0 atom stereocenters. The van der Waals surface area contributed by atoms with Gasteiger partial charge in [0.05, 0.1) is 6.19 Å². The first-order valence-electron chi connectivity index (χ1n) is 3.67. The number of nitrogen functional groups attached to an aromatic ring is 1. The van der Waals surface area contributed by atoms with E-state index in [0.717, 1.165) is 17.4 Å². The molecule has 0 aliphatic heterocycles. The van der Waals surface area contributed by atoms with Crippen LogP contribution in [0.25, 0.3) is 0 Å². The summed E-state index contributed by atoms with van der Waals surface area (Å²) in [5.74, 6) is 0. The van der Waals surface area contributed by atoms with E-state index in [1.54, 1.807) is 0 Å². The van der Waals surface area contributed by atoms with E-state index in [1.807, 2.05) is 24.3 Å². The van der Waals surface area contributed by atoms with Crippen molar-refractivity contribution < 1.29 is 4.79 Å². The number of hydrogen-bond donors (Lipinski definition) is 2. The fourth-order valence-corrected chi connectivity index (χ4v) is 0.860. The van der Waals surface area contributed by atoms with Gasteiger partial charge in [-0.25, -0.2) is 0 Å². The minimum atomic E-state index is 0.652. The summed E-state index contributed by atoms with van der Waals surface area (Å²) < 4.78 is 0. The molecule has 0 saturated heterocycles. The number of carbonyl (C=O) groups is 1. The summed E-state index contributed by atoms with van der Waals surface area (Å²) in [4.78, 5) is 9.91. The summed E-state index contributed by atoms with van der Waals surface area (Å²) in [6.07, 6.45) is 0.720. The zero-order chi connectivity index (χ0) is 8.81. The Morgan fingerprint density at radius 1 is 1.42 bits per heavy atom. The third-order valence-corrected chi connectivity index (χ3v) is 1.47. The monoisotopic (exact) mass is 161 g/mol. The van der Waals surface area contributed by atoms with E-state index in [2.05, 4.69) is 5.23 Å². The molecule has 0 spiro atoms. The second-order valence-electron chi connectivity index (χ2n) is 2.43. The van der Waals surface area contributed by atoms with Gasteiger partial charge < -0.3 is 15.8 Å². The van der Waals surface area contributed by atoms with Gasteiger partial charge >= 0.3 is 0 Å². The third-order valence-electron chi connectivity index (χ3n) is 1.47. The van der Waals surface area contributed by atoms with Crippen LogP contribution in [0.1, 0.15) is 5.56 Å². The number of hydrogen-bond acceptors (Lipinski definition) is 3. The molecule has 0 heterocycles. The van der Waals surface area contributed by atoms with E-state index in [-0.39, 0.29) is 0 Å². The maximum atomic E-state index is 9.91. The van der Waals surface area contributed by atoms with Crippen molar-refractivity contribution in [1.82, 2.24) is 5.23 Å². The molecular weight excluding hydrogens is 151 g/mol. The van der Waals surface area contributed by atoms with Crippen molar-refractivity contribution in [2.45, 2.75) is 6.54 Å². The molecule has 12 heavy (non-hydrogen) atoms. The summed E-state index contributed by atoms with van der Waals surface area (Å²) in [5, 5.41) is 2.84. The molecule has 4 heteroatoms. The Morgan fingerprint density at radius 2 is 2.08 bits per heavy atom. The molecule has 0 aromatic heterocycles. The van der Waals surface area contributed by atoms with Gasteiger partial charge in [-0.05, 0) is 17.7 Å². The first-order chi connectivity index (χ1) is 5.83. The first-order valence-corrected chi connectivity index (χ1v) is 3.67. The van der Waals surface area contributed by atoms with E-state index >= 15 is 0 Å². The van der Waals surface area contributed by atoms with Crippen LogP contribution in [0, 0.1) is 0 Å². The second kappa shape index (κ2) is 4.56. The van der Waals surface area contributed by atoms with Crippen molar-refractivity contribution >= 4 is 19.3 Å². The van der Waals surface area contributed by atoms with Gasteiger partial charge in [-0.1, -0.05) is 12.1 Å². The summed E-state index contributed by atoms with van der Waals surface area (Å²) >= 11 is 0. The maximum Gasteiger partial charge on any atom is 0.290 e. The molecule has 1 rings (SSSR count). The van der Waals surface area contributed by atoms with Crippen molar-refractivity contribution in [2.75, 3.05) is 5.73 Å². The summed E-state index contributed by atoms with van der Waals surface area (Å²) in [7, 11) is 1.37. The number of rotatable bonds is 4. The molecular formula is C8H10BN2O. The molecule has 1 radical (unpaired) electrons. The van der Waals surface area contributed by atoms with Crippen LogP contribution in [0.2, 0.25) is 0 Å². The summed E-state index contributed by atoms with van der Waals surface area (Å²) in [6.45, 7) is 0.652. The summed E-state index contributed by atoms with van der Waals surface area (Å²) in [6, 6.07) is 7.50. The van der Waals surface area contributed by atoms with Crippen molar-refractivity contribution in [2.24, 2.45) is 0 Å². The Balaban J connectivity index is 2.42. The Kier molecular flexibility index (Phi) is 3.35. The Labute approximate surface area is 72.2 Å². The molecule has 0 fully saturated rings. The molecule has 0 saturated carbocycles. The fraction of sp³-hybridized carbons (Fsp3) is 0.125. The highest BCUT2D eigenvalue weighted by molar-refractivity contribution is 6.64. The predicted octanol–water partition coefficient (Wildman–Crippen LogP) is 0.168. The topological polar surface area (TPSA) is 55.1 Å². The number of anilines is 1. The highest BCUT2D eigenvalue weighted by atomic mass is 16.1. The molecule has 3 N–H and O–H groups in total. The zero-order valence-corrected chi connectivity index (χ0v) is 6.66. The molecule has 0 aliphatic rings. The van der Waals surface area contributed by atoms with Crippen LogP contribution in [0.4, 0.5) is 5.69 Å². The molecule has 61 valence electrons. The van der Waals surface area contributed by atoms with E-state index in [4.69, 9.17) is 5.73 Å². The van der Waals surface area contributed by atoms with Crippen molar-refractivity contribution in [3.8, 4) is 0 Å².